The molecular formula is C11H19N3O2S. The van der Waals surface area contributed by atoms with Gasteiger partial charge in [-0.2, -0.15) is 4.37 Å². The SMILES string of the molecule is CCCc1nsc(N(C)CC(C)C(=O)OC)n1. The van der Waals surface area contributed by atoms with Gasteiger partial charge in [-0.05, 0) is 6.42 Å². The van der Waals surface area contributed by atoms with Gasteiger partial charge in [-0.1, -0.05) is 13.8 Å². The van der Waals surface area contributed by atoms with Crippen molar-refractivity contribution in [1.82, 2.24) is 9.36 Å². The molecule has 0 aromatic carbocycles. The molecule has 1 aromatic heterocycles. The summed E-state index contributed by atoms with van der Waals surface area (Å²) in [7, 11) is 3.32. The van der Waals surface area contributed by atoms with Crippen molar-refractivity contribution in [2.24, 2.45) is 5.92 Å². The third-order valence-corrected chi connectivity index (χ3v) is 3.28. The molecule has 0 aliphatic carbocycles. The summed E-state index contributed by atoms with van der Waals surface area (Å²) in [5, 5.41) is 0.851. The molecule has 0 amide bonds. The lowest BCUT2D eigenvalue weighted by molar-refractivity contribution is -0.144. The van der Waals surface area contributed by atoms with Gasteiger partial charge in [0.2, 0.25) is 5.13 Å². The second kappa shape index (κ2) is 6.54. The highest BCUT2D eigenvalue weighted by molar-refractivity contribution is 7.09. The number of ether oxygens (including phenoxy) is 1. The van der Waals surface area contributed by atoms with Gasteiger partial charge in [0.1, 0.15) is 5.82 Å². The summed E-state index contributed by atoms with van der Waals surface area (Å²) in [5.41, 5.74) is 0. The van der Waals surface area contributed by atoms with Crippen LogP contribution in [0.25, 0.3) is 0 Å². The van der Waals surface area contributed by atoms with Crippen molar-refractivity contribution in [2.75, 3.05) is 25.6 Å². The fourth-order valence-electron chi connectivity index (χ4n) is 1.49. The molecule has 0 saturated carbocycles. The molecule has 1 rings (SSSR count). The number of carbonyl (C=O) groups is 1. The summed E-state index contributed by atoms with van der Waals surface area (Å²) in [4.78, 5) is 17.7. The highest BCUT2D eigenvalue weighted by Gasteiger charge is 2.17. The van der Waals surface area contributed by atoms with Crippen LogP contribution >= 0.6 is 11.5 Å². The molecule has 5 nitrogen and oxygen atoms in total. The van der Waals surface area contributed by atoms with E-state index in [1.807, 2.05) is 18.9 Å². The maximum atomic E-state index is 11.3. The van der Waals surface area contributed by atoms with Crippen LogP contribution in [-0.4, -0.2) is 36.0 Å². The largest absolute Gasteiger partial charge is 0.469 e. The Kier molecular flexibility index (Phi) is 5.34. The molecule has 1 heterocycles. The lowest BCUT2D eigenvalue weighted by atomic mass is 10.2. The van der Waals surface area contributed by atoms with E-state index in [-0.39, 0.29) is 11.9 Å². The molecule has 6 heteroatoms. The first kappa shape index (κ1) is 13.9. The van der Waals surface area contributed by atoms with Gasteiger partial charge in [0.05, 0.1) is 13.0 Å². The van der Waals surface area contributed by atoms with E-state index in [0.717, 1.165) is 23.8 Å². The van der Waals surface area contributed by atoms with Crippen LogP contribution in [0.4, 0.5) is 5.13 Å². The molecule has 0 bridgehead atoms. The Bertz CT molecular complexity index is 367. The number of aryl methyl sites for hydroxylation is 1. The molecule has 1 unspecified atom stereocenters. The van der Waals surface area contributed by atoms with E-state index >= 15 is 0 Å². The molecule has 17 heavy (non-hydrogen) atoms. The predicted octanol–water partition coefficient (Wildman–Crippen LogP) is 1.74. The third-order valence-electron chi connectivity index (χ3n) is 2.41. The third kappa shape index (κ3) is 3.96. The second-order valence-electron chi connectivity index (χ2n) is 4.05. The van der Waals surface area contributed by atoms with Crippen LogP contribution in [0.2, 0.25) is 0 Å². The molecule has 0 radical (unpaired) electrons. The van der Waals surface area contributed by atoms with E-state index in [0.29, 0.717) is 6.54 Å². The number of aromatic nitrogens is 2. The van der Waals surface area contributed by atoms with Crippen molar-refractivity contribution in [1.29, 1.82) is 0 Å². The summed E-state index contributed by atoms with van der Waals surface area (Å²) in [5.74, 6) is 0.517. The summed E-state index contributed by atoms with van der Waals surface area (Å²) in [6, 6.07) is 0. The fraction of sp³-hybridized carbons (Fsp3) is 0.727. The molecule has 0 spiro atoms. The summed E-state index contributed by atoms with van der Waals surface area (Å²) < 4.78 is 8.97. The van der Waals surface area contributed by atoms with Gasteiger partial charge in [-0.15, -0.1) is 0 Å². The highest BCUT2D eigenvalue weighted by Crippen LogP contribution is 2.17. The number of nitrogens with zero attached hydrogens (tertiary/aromatic N) is 3. The van der Waals surface area contributed by atoms with Gasteiger partial charge in [-0.3, -0.25) is 4.79 Å². The molecule has 1 atom stereocenters. The molecule has 0 aliphatic rings. The standard InChI is InChI=1S/C11H19N3O2S/c1-5-6-9-12-11(17-13-9)14(3)7-8(2)10(15)16-4/h8H,5-7H2,1-4H3. The van der Waals surface area contributed by atoms with Gasteiger partial charge >= 0.3 is 5.97 Å². The van der Waals surface area contributed by atoms with E-state index in [2.05, 4.69) is 16.3 Å². The smallest absolute Gasteiger partial charge is 0.310 e. The molecule has 0 N–H and O–H groups in total. The zero-order chi connectivity index (χ0) is 12.8. The van der Waals surface area contributed by atoms with E-state index in [1.165, 1.54) is 18.6 Å². The zero-order valence-electron chi connectivity index (χ0n) is 10.8. The maximum Gasteiger partial charge on any atom is 0.310 e. The molecule has 0 saturated heterocycles. The van der Waals surface area contributed by atoms with Crippen LogP contribution < -0.4 is 4.90 Å². The number of methoxy groups -OCH3 is 1. The van der Waals surface area contributed by atoms with Crippen molar-refractivity contribution < 1.29 is 9.53 Å². The molecule has 96 valence electrons. The Morgan fingerprint density at radius 2 is 2.29 bits per heavy atom. The average molecular weight is 257 g/mol. The maximum absolute atomic E-state index is 11.3. The van der Waals surface area contributed by atoms with Crippen molar-refractivity contribution >= 4 is 22.6 Å². The molecule has 1 aromatic rings. The zero-order valence-corrected chi connectivity index (χ0v) is 11.6. The van der Waals surface area contributed by atoms with Gasteiger partial charge < -0.3 is 9.64 Å². The monoisotopic (exact) mass is 257 g/mol. The number of carbonyl (C=O) groups excluding carboxylic acids is 1. The summed E-state index contributed by atoms with van der Waals surface area (Å²) in [6.45, 7) is 4.54. The normalized spacial score (nSPS) is 12.2. The predicted molar refractivity (Wildman–Crippen MR) is 68.4 cm³/mol. The minimum atomic E-state index is -0.199. The van der Waals surface area contributed by atoms with Gasteiger partial charge in [-0.25, -0.2) is 4.98 Å². The van der Waals surface area contributed by atoms with Gasteiger partial charge in [0, 0.05) is 31.5 Å². The van der Waals surface area contributed by atoms with Crippen LogP contribution in [0.15, 0.2) is 0 Å². The first-order valence-electron chi connectivity index (χ1n) is 5.70. The minimum Gasteiger partial charge on any atom is -0.469 e. The van der Waals surface area contributed by atoms with Crippen molar-refractivity contribution in [3.8, 4) is 0 Å². The lowest BCUT2D eigenvalue weighted by Gasteiger charge is -2.18. The number of esters is 1. The Balaban J connectivity index is 2.56. The highest BCUT2D eigenvalue weighted by atomic mass is 32.1. The topological polar surface area (TPSA) is 55.3 Å². The van der Waals surface area contributed by atoms with Crippen molar-refractivity contribution in [2.45, 2.75) is 26.7 Å². The van der Waals surface area contributed by atoms with Crippen LogP contribution in [0, 0.1) is 5.92 Å². The van der Waals surface area contributed by atoms with E-state index in [9.17, 15) is 4.79 Å². The Morgan fingerprint density at radius 3 is 2.88 bits per heavy atom. The van der Waals surface area contributed by atoms with Crippen molar-refractivity contribution in [3.05, 3.63) is 5.82 Å². The Hall–Kier alpha value is -1.17. The van der Waals surface area contributed by atoms with Gasteiger partial charge in [0.15, 0.2) is 0 Å². The number of hydrogen-bond donors (Lipinski definition) is 0. The first-order chi connectivity index (χ1) is 8.08. The quantitative estimate of drug-likeness (QED) is 0.726. The van der Waals surface area contributed by atoms with E-state index in [1.54, 1.807) is 0 Å². The minimum absolute atomic E-state index is 0.163. The Labute approximate surface area is 106 Å². The van der Waals surface area contributed by atoms with Crippen LogP contribution in [-0.2, 0) is 16.0 Å². The first-order valence-corrected chi connectivity index (χ1v) is 6.47. The molecule has 0 fully saturated rings. The summed E-state index contributed by atoms with van der Waals surface area (Å²) >= 11 is 1.37. The van der Waals surface area contributed by atoms with Crippen LogP contribution in [0.3, 0.4) is 0 Å². The Morgan fingerprint density at radius 1 is 1.59 bits per heavy atom. The number of anilines is 1. The van der Waals surface area contributed by atoms with E-state index in [4.69, 9.17) is 4.74 Å². The van der Waals surface area contributed by atoms with Crippen molar-refractivity contribution in [3.63, 3.8) is 0 Å². The summed E-state index contributed by atoms with van der Waals surface area (Å²) in [6.07, 6.45) is 1.94. The lowest BCUT2D eigenvalue weighted by Crippen LogP contribution is -2.29. The number of hydrogen-bond acceptors (Lipinski definition) is 6. The average Bonchev–Trinajstić information content (AvgIpc) is 2.77. The molecular weight excluding hydrogens is 238 g/mol. The van der Waals surface area contributed by atoms with Crippen LogP contribution in [0.1, 0.15) is 26.1 Å². The van der Waals surface area contributed by atoms with E-state index < -0.39 is 0 Å². The van der Waals surface area contributed by atoms with Gasteiger partial charge in [0.25, 0.3) is 0 Å². The number of rotatable bonds is 6. The fourth-order valence-corrected chi connectivity index (χ4v) is 2.17. The second-order valence-corrected chi connectivity index (χ2v) is 4.78. The molecule has 0 aliphatic heterocycles. The van der Waals surface area contributed by atoms with Crippen LogP contribution in [0.5, 0.6) is 0 Å².